The van der Waals surface area contributed by atoms with Gasteiger partial charge in [0, 0.05) is 118 Å². The lowest BCUT2D eigenvalue weighted by Crippen LogP contribution is -2.35. The molecule has 42 heteroatoms. The zero-order valence-corrected chi connectivity index (χ0v) is 77.3. The first-order chi connectivity index (χ1) is 55.8. The number of benzene rings is 2. The van der Waals surface area contributed by atoms with Gasteiger partial charge < -0.3 is 81.5 Å². The maximum absolute atomic E-state index is 12.1. The highest BCUT2D eigenvalue weighted by Gasteiger charge is 2.30. The van der Waals surface area contributed by atoms with E-state index in [-0.39, 0.29) is 208 Å². The molecule has 0 bridgehead atoms. The topological polar surface area (TPSA) is 466 Å². The molecule has 0 saturated carbocycles. The summed E-state index contributed by atoms with van der Waals surface area (Å²) in [5, 5.41) is 19.4. The summed E-state index contributed by atoms with van der Waals surface area (Å²) < 4.78 is 41.4. The number of carbonyl (C=O) groups is 14. The van der Waals surface area contributed by atoms with Crippen molar-refractivity contribution < 1.29 is 113 Å². The van der Waals surface area contributed by atoms with Gasteiger partial charge in [0.15, 0.2) is 5.52 Å². The predicted octanol–water partition coefficient (Wildman–Crippen LogP) is 9.10. The van der Waals surface area contributed by atoms with Crippen LogP contribution in [0.15, 0.2) is 72.8 Å². The van der Waals surface area contributed by atoms with Crippen LogP contribution in [0.1, 0.15) is 176 Å². The normalized spacial score (nSPS) is 12.7. The van der Waals surface area contributed by atoms with Crippen molar-refractivity contribution in [2.75, 3.05) is 131 Å². The van der Waals surface area contributed by atoms with Crippen LogP contribution in [0.4, 0.5) is 0 Å². The number of carbonyl (C=O) groups excluding carboxylic acids is 14. The number of hydrogen-bond acceptors (Lipinski definition) is 30. The monoisotopic (exact) mass is 1890 g/mol. The Bertz CT molecular complexity index is 3500. The van der Waals surface area contributed by atoms with Gasteiger partial charge in [-0.2, -0.15) is 0 Å². The van der Waals surface area contributed by atoms with Crippen LogP contribution in [-0.4, -0.2) is 245 Å². The quantitative estimate of drug-likeness (QED) is 0.0101. The summed E-state index contributed by atoms with van der Waals surface area (Å²) in [6.07, 6.45) is 10.3. The molecule has 2 aromatic rings. The standard InChI is InChI=1S/C25H38N3O9PS.C20H33N5O7.C16H14O3.2C6H11O2PS.C3H9N.3CH4.P2S2.2H2/c1-25(2,3)37-23(33)16-18(24(34)38-39)6-4-5-10-26-20(30)17-36-15-14-35-13-11-27-19(29)9-12-28-21(31)7-8-22(28)32;21-13-15(20(22)30)3-1-2-7-23-17(27)14-32-12-11-31-10-8-24-16(26)6-9-25-18(28)4-5-19(25)29;17-9-16(18)19-10-15-13-7-3-1-5-11(13)12-6-2-4-8-14(12)15;2*1-6(2,3)8-5(7)4-9-10;1-2-3-4;;;;3-1-2-4;;/h7-8,18H,4-6,9-17H2,1-3H3,(H,26,30)(H,27,29);4-5,15H,1-3,6-14,21H2,(H2,22,30)(H,23,27)(H,24,26);1-8,15,17H,9-10H2;2*4H2,1-3H3;2-4H2,1H3;3*1H4;;2*1H. The number of nitrogens with zero attached hydrogens (tertiary/aromatic N) is 2. The lowest BCUT2D eigenvalue weighted by atomic mass is 9.98. The Morgan fingerprint density at radius 1 is 0.504 bits per heavy atom. The molecule has 0 saturated heterocycles. The highest BCUT2D eigenvalue weighted by Crippen LogP contribution is 2.44. The Labute approximate surface area is 750 Å². The summed E-state index contributed by atoms with van der Waals surface area (Å²) in [6, 6.07) is 16.3. The van der Waals surface area contributed by atoms with Gasteiger partial charge in [-0.25, -0.2) is 4.79 Å². The average molecular weight is 1890 g/mol. The van der Waals surface area contributed by atoms with E-state index < -0.39 is 59.6 Å². The highest BCUT2D eigenvalue weighted by molar-refractivity contribution is 8.40. The first-order valence-electron chi connectivity index (χ1n) is 37.7. The first kappa shape index (κ1) is 123. The Hall–Kier alpha value is -6.58. The predicted molar refractivity (Wildman–Crippen MR) is 493 cm³/mol. The summed E-state index contributed by atoms with van der Waals surface area (Å²) in [7, 11) is 3.22. The molecule has 1 aliphatic carbocycles. The second-order valence-electron chi connectivity index (χ2n) is 28.1. The zero-order chi connectivity index (χ0) is 89.5. The molecule has 2 heterocycles. The third-order valence-electron chi connectivity index (χ3n) is 14.9. The van der Waals surface area contributed by atoms with Crippen LogP contribution in [0.5, 0.6) is 0 Å². The lowest BCUT2D eigenvalue weighted by molar-refractivity contribution is -0.157. The fraction of sp³-hybridized carbons (Fsp3) is 0.620. The Kier molecular flexibility index (Phi) is 74.9. The second kappa shape index (κ2) is 73.7. The summed E-state index contributed by atoms with van der Waals surface area (Å²) in [5.41, 5.74) is 18.9. The minimum Gasteiger partial charge on any atom is -0.463 e. The molecule has 0 radical (unpaired) electrons. The van der Waals surface area contributed by atoms with E-state index in [1.54, 1.807) is 20.8 Å². The number of primary amides is 1. The van der Waals surface area contributed by atoms with E-state index >= 15 is 0 Å². The number of imide groups is 2. The summed E-state index contributed by atoms with van der Waals surface area (Å²) in [6.45, 7) is 21.8. The lowest BCUT2D eigenvalue weighted by Gasteiger charge is -2.21. The van der Waals surface area contributed by atoms with E-state index in [0.717, 1.165) is 43.3 Å². The Morgan fingerprint density at radius 3 is 1.19 bits per heavy atom. The molecule has 2 aliphatic heterocycles. The van der Waals surface area contributed by atoms with E-state index in [1.807, 2.05) is 65.8 Å². The molecule has 32 nitrogen and oxygen atoms in total. The molecule has 9 amide bonds. The number of aliphatic hydroxyl groups is 1. The van der Waals surface area contributed by atoms with Crippen molar-refractivity contribution in [3.63, 3.8) is 0 Å². The molecule has 11 N–H and O–H groups in total. The van der Waals surface area contributed by atoms with Gasteiger partial charge in [-0.05, 0) is 173 Å². The number of nitrogens with one attached hydrogen (secondary N) is 4. The van der Waals surface area contributed by atoms with Gasteiger partial charge in [0.1, 0.15) is 43.2 Å². The molecule has 2 atom stereocenters. The number of rotatable bonds is 47. The molecule has 0 fully saturated rings. The number of unbranched alkanes of at least 4 members (excludes halogenated alkanes) is 2. The van der Waals surface area contributed by atoms with Gasteiger partial charge in [0.05, 0.1) is 65.7 Å². The van der Waals surface area contributed by atoms with Crippen molar-refractivity contribution >= 4 is 178 Å². The number of amides is 9. The van der Waals surface area contributed by atoms with Gasteiger partial charge in [-0.15, -0.1) is 0 Å². The van der Waals surface area contributed by atoms with Crippen molar-refractivity contribution in [1.29, 1.82) is 0 Å². The molecule has 2 aromatic carbocycles. The number of hydrogen-bond donors (Lipinski definition) is 8. The van der Waals surface area contributed by atoms with E-state index in [1.165, 1.54) is 46.6 Å². The van der Waals surface area contributed by atoms with Crippen LogP contribution in [0.25, 0.3) is 11.1 Å². The van der Waals surface area contributed by atoms with Gasteiger partial charge in [-0.1, -0.05) is 114 Å². The molecule has 5 rings (SSSR count). The number of aliphatic hydroxyl groups excluding tert-OH is 1. The second-order valence-corrected chi connectivity index (χ2v) is 36.2. The van der Waals surface area contributed by atoms with Crippen molar-refractivity contribution in [2.24, 2.45) is 29.0 Å². The Balaban J connectivity index is -0.000000285. The molecule has 0 aromatic heterocycles. The van der Waals surface area contributed by atoms with E-state index in [0.29, 0.717) is 72.2 Å². The van der Waals surface area contributed by atoms with E-state index in [9.17, 15) is 67.1 Å². The number of esters is 4. The third-order valence-corrected chi connectivity index (χ3v) is 20.2. The number of nitrogens with two attached hydrogens (primary N) is 3. The summed E-state index contributed by atoms with van der Waals surface area (Å²) >= 11 is 22.8. The van der Waals surface area contributed by atoms with Crippen molar-refractivity contribution in [1.82, 2.24) is 31.1 Å². The molecule has 3 aliphatic rings. The molecule has 0 spiro atoms. The van der Waals surface area contributed by atoms with Crippen molar-refractivity contribution in [3.05, 3.63) is 84.0 Å². The van der Waals surface area contributed by atoms with Gasteiger partial charge >= 0.3 is 23.9 Å². The van der Waals surface area contributed by atoms with E-state index in [2.05, 4.69) is 99.7 Å². The maximum atomic E-state index is 12.1. The molecule has 121 heavy (non-hydrogen) atoms. The number of fused-ring (bicyclic) bond motifs is 3. The van der Waals surface area contributed by atoms with Gasteiger partial charge in [-0.3, -0.25) is 72.1 Å². The number of ether oxygens (including phenoxy) is 8. The summed E-state index contributed by atoms with van der Waals surface area (Å²) in [4.78, 5) is 162. The fourth-order valence-electron chi connectivity index (χ4n) is 9.65. The average Bonchev–Trinajstić information content (AvgIpc) is 1.62. The molecular formula is C79H132N9O23P5S5. The minimum atomic E-state index is -0.619. The van der Waals surface area contributed by atoms with Crippen molar-refractivity contribution in [2.45, 2.75) is 178 Å². The third kappa shape index (κ3) is 64.8. The smallest absolute Gasteiger partial charge is 0.331 e. The summed E-state index contributed by atoms with van der Waals surface area (Å²) in [5.74, 6) is -5.40. The van der Waals surface area contributed by atoms with Gasteiger partial charge in [0.2, 0.25) is 29.5 Å². The van der Waals surface area contributed by atoms with Crippen LogP contribution >= 0.6 is 36.2 Å². The van der Waals surface area contributed by atoms with Gasteiger partial charge in [0.25, 0.3) is 23.6 Å². The molecule has 2 unspecified atom stereocenters. The van der Waals surface area contributed by atoms with Crippen LogP contribution in [0.3, 0.4) is 0 Å². The Morgan fingerprint density at radius 2 is 0.860 bits per heavy atom. The molecular weight excluding hydrogens is 1760 g/mol. The largest absolute Gasteiger partial charge is 0.463 e. The van der Waals surface area contributed by atoms with E-state index in [4.69, 9.17) is 72.0 Å². The maximum Gasteiger partial charge on any atom is 0.331 e. The SMILES string of the molecule is C.C.C.CC(C)(C)OC(=O)CC(CCCCNC(=O)COCCOCCNC(=O)CCN1C(=O)C=CC1=O)C(=O)P=S.CC(C)(C)OC(=O)CP=S.CC(C)(C)OC(=O)CP=S.CCCN.NCC(CCCCNC(=O)COCCOCCNC(=O)CCN1C(=O)C=CC1=O)C(N)=O.O=C(CO)OCC1c2ccccc2-c2ccccc21.S=PP=S.[HH].[HH]. The van der Waals surface area contributed by atoms with Crippen LogP contribution in [-0.2, 0) is 164 Å². The first-order valence-corrected chi connectivity index (χ1v) is 48.3. The van der Waals surface area contributed by atoms with Crippen LogP contribution < -0.4 is 38.5 Å². The highest BCUT2D eigenvalue weighted by atomic mass is 32.7. The molecule has 686 valence electrons. The van der Waals surface area contributed by atoms with Crippen molar-refractivity contribution in [3.8, 4) is 11.1 Å². The minimum absolute atomic E-state index is 0. The van der Waals surface area contributed by atoms with Crippen LogP contribution in [0, 0.1) is 11.8 Å². The fourth-order valence-corrected chi connectivity index (χ4v) is 11.4. The zero-order valence-electron chi connectivity index (χ0n) is 68.7. The van der Waals surface area contributed by atoms with Crippen LogP contribution in [0.2, 0.25) is 0 Å².